The van der Waals surface area contributed by atoms with E-state index in [0.29, 0.717) is 11.1 Å². The molecule has 0 saturated carbocycles. The molecule has 114 valence electrons. The molecule has 0 atom stereocenters. The van der Waals surface area contributed by atoms with Crippen molar-refractivity contribution in [3.8, 4) is 0 Å². The summed E-state index contributed by atoms with van der Waals surface area (Å²) in [6.07, 6.45) is 1.51. The van der Waals surface area contributed by atoms with Crippen molar-refractivity contribution in [1.29, 1.82) is 0 Å². The topological polar surface area (TPSA) is 29.1 Å². The summed E-state index contributed by atoms with van der Waals surface area (Å²) in [7, 11) is 1.57. The Kier molecular flexibility index (Phi) is 4.20. The lowest BCUT2D eigenvalue weighted by atomic mass is 9.93. The van der Waals surface area contributed by atoms with E-state index in [-0.39, 0.29) is 11.7 Å². The van der Waals surface area contributed by atoms with E-state index in [2.05, 4.69) is 5.32 Å². The predicted molar refractivity (Wildman–Crippen MR) is 91.5 cm³/mol. The van der Waals surface area contributed by atoms with Crippen LogP contribution in [0.5, 0.6) is 0 Å². The van der Waals surface area contributed by atoms with E-state index < -0.39 is 0 Å². The minimum atomic E-state index is -0.328. The Morgan fingerprint density at radius 2 is 1.74 bits per heavy atom. The third-order valence-corrected chi connectivity index (χ3v) is 3.74. The van der Waals surface area contributed by atoms with Gasteiger partial charge in [0.2, 0.25) is 5.91 Å². The SMILES string of the molecule is CNC(=O)/C=C(\c1cccc(F)c1)c1cccc2ccccc12. The van der Waals surface area contributed by atoms with E-state index >= 15 is 0 Å². The van der Waals surface area contributed by atoms with Crippen molar-refractivity contribution in [2.75, 3.05) is 7.05 Å². The molecule has 3 aromatic rings. The van der Waals surface area contributed by atoms with Crippen LogP contribution in [-0.4, -0.2) is 13.0 Å². The minimum Gasteiger partial charge on any atom is -0.356 e. The van der Waals surface area contributed by atoms with E-state index in [4.69, 9.17) is 0 Å². The van der Waals surface area contributed by atoms with Gasteiger partial charge in [-0.25, -0.2) is 4.39 Å². The molecule has 23 heavy (non-hydrogen) atoms. The van der Waals surface area contributed by atoms with Gasteiger partial charge in [0, 0.05) is 13.1 Å². The molecule has 0 radical (unpaired) electrons. The van der Waals surface area contributed by atoms with Crippen molar-refractivity contribution in [3.63, 3.8) is 0 Å². The van der Waals surface area contributed by atoms with Gasteiger partial charge in [0.1, 0.15) is 5.82 Å². The van der Waals surface area contributed by atoms with Crippen molar-refractivity contribution in [2.45, 2.75) is 0 Å². The minimum absolute atomic E-state index is 0.225. The van der Waals surface area contributed by atoms with Crippen molar-refractivity contribution >= 4 is 22.3 Å². The largest absolute Gasteiger partial charge is 0.356 e. The summed E-state index contributed by atoms with van der Waals surface area (Å²) in [5.74, 6) is -0.553. The maximum Gasteiger partial charge on any atom is 0.244 e. The van der Waals surface area contributed by atoms with Crippen LogP contribution >= 0.6 is 0 Å². The van der Waals surface area contributed by atoms with Crippen LogP contribution in [0.3, 0.4) is 0 Å². The first-order chi connectivity index (χ1) is 11.2. The quantitative estimate of drug-likeness (QED) is 0.723. The number of likely N-dealkylation sites (N-methyl/N-ethyl adjacent to an activating group) is 1. The highest BCUT2D eigenvalue weighted by molar-refractivity contribution is 6.04. The molecule has 2 nitrogen and oxygen atoms in total. The van der Waals surface area contributed by atoms with Crippen LogP contribution < -0.4 is 5.32 Å². The second-order valence-corrected chi connectivity index (χ2v) is 5.21. The van der Waals surface area contributed by atoms with Gasteiger partial charge in [-0.3, -0.25) is 4.79 Å². The standard InChI is InChI=1S/C20H16FNO/c1-22-20(23)13-19(15-8-4-9-16(21)12-15)18-11-5-7-14-6-2-3-10-17(14)18/h2-13H,1H3,(H,22,23)/b19-13+. The zero-order valence-electron chi connectivity index (χ0n) is 12.7. The summed E-state index contributed by atoms with van der Waals surface area (Å²) >= 11 is 0. The lowest BCUT2D eigenvalue weighted by Crippen LogP contribution is -2.15. The van der Waals surface area contributed by atoms with Gasteiger partial charge in [-0.2, -0.15) is 0 Å². The summed E-state index contributed by atoms with van der Waals surface area (Å²) < 4.78 is 13.6. The van der Waals surface area contributed by atoms with Gasteiger partial charge in [0.05, 0.1) is 0 Å². The molecule has 1 N–H and O–H groups in total. The average molecular weight is 305 g/mol. The van der Waals surface area contributed by atoms with Gasteiger partial charge < -0.3 is 5.32 Å². The van der Waals surface area contributed by atoms with Crippen LogP contribution in [0.1, 0.15) is 11.1 Å². The molecule has 0 aliphatic heterocycles. The Balaban J connectivity index is 2.27. The van der Waals surface area contributed by atoms with Crippen molar-refractivity contribution in [2.24, 2.45) is 0 Å². The predicted octanol–water partition coefficient (Wildman–Crippen LogP) is 4.16. The Bertz CT molecular complexity index is 894. The van der Waals surface area contributed by atoms with Gasteiger partial charge in [0.15, 0.2) is 0 Å². The second-order valence-electron chi connectivity index (χ2n) is 5.21. The third kappa shape index (κ3) is 3.14. The smallest absolute Gasteiger partial charge is 0.244 e. The molecule has 0 bridgehead atoms. The first-order valence-electron chi connectivity index (χ1n) is 7.36. The highest BCUT2D eigenvalue weighted by atomic mass is 19.1. The molecule has 0 fully saturated rings. The molecule has 0 aliphatic rings. The van der Waals surface area contributed by atoms with Gasteiger partial charge in [0.25, 0.3) is 0 Å². The first kappa shape index (κ1) is 15.0. The van der Waals surface area contributed by atoms with E-state index in [1.165, 1.54) is 18.2 Å². The summed E-state index contributed by atoms with van der Waals surface area (Å²) in [6.45, 7) is 0. The molecule has 0 saturated heterocycles. The molecule has 0 unspecified atom stereocenters. The number of hydrogen-bond acceptors (Lipinski definition) is 1. The molecule has 1 amide bonds. The zero-order valence-corrected chi connectivity index (χ0v) is 12.7. The molecule has 3 aromatic carbocycles. The molecule has 0 spiro atoms. The Morgan fingerprint density at radius 3 is 2.52 bits per heavy atom. The van der Waals surface area contributed by atoms with Crippen molar-refractivity contribution in [3.05, 3.63) is 89.8 Å². The lowest BCUT2D eigenvalue weighted by molar-refractivity contribution is -0.116. The first-order valence-corrected chi connectivity index (χ1v) is 7.36. The van der Waals surface area contributed by atoms with Gasteiger partial charge >= 0.3 is 0 Å². The number of rotatable bonds is 3. The van der Waals surface area contributed by atoms with Crippen LogP contribution in [0.2, 0.25) is 0 Å². The third-order valence-electron chi connectivity index (χ3n) is 3.74. The van der Waals surface area contributed by atoms with Crippen LogP contribution in [-0.2, 0) is 4.79 Å². The summed E-state index contributed by atoms with van der Waals surface area (Å²) in [6, 6.07) is 20.1. The van der Waals surface area contributed by atoms with Crippen molar-refractivity contribution in [1.82, 2.24) is 5.32 Å². The Labute approximate surface area is 134 Å². The van der Waals surface area contributed by atoms with Gasteiger partial charge in [-0.05, 0) is 39.6 Å². The normalized spacial score (nSPS) is 11.5. The number of hydrogen-bond donors (Lipinski definition) is 1. The number of benzene rings is 3. The summed E-state index contributed by atoms with van der Waals surface area (Å²) in [4.78, 5) is 11.9. The highest BCUT2D eigenvalue weighted by Crippen LogP contribution is 2.30. The van der Waals surface area contributed by atoms with E-state index in [1.54, 1.807) is 19.2 Å². The van der Waals surface area contributed by atoms with Crippen LogP contribution in [0.4, 0.5) is 4.39 Å². The lowest BCUT2D eigenvalue weighted by Gasteiger charge is -2.12. The van der Waals surface area contributed by atoms with Crippen molar-refractivity contribution < 1.29 is 9.18 Å². The molecule has 3 rings (SSSR count). The van der Waals surface area contributed by atoms with Gasteiger partial charge in [-0.1, -0.05) is 54.6 Å². The van der Waals surface area contributed by atoms with E-state index in [1.807, 2.05) is 42.5 Å². The maximum atomic E-state index is 13.6. The fourth-order valence-electron chi connectivity index (χ4n) is 2.64. The molecule has 3 heteroatoms. The second kappa shape index (κ2) is 6.44. The van der Waals surface area contributed by atoms with Crippen LogP contribution in [0.15, 0.2) is 72.8 Å². The fourth-order valence-corrected chi connectivity index (χ4v) is 2.64. The number of fused-ring (bicyclic) bond motifs is 1. The van der Waals surface area contributed by atoms with Crippen LogP contribution in [0, 0.1) is 5.82 Å². The Morgan fingerprint density at radius 1 is 1.00 bits per heavy atom. The highest BCUT2D eigenvalue weighted by Gasteiger charge is 2.11. The number of amides is 1. The summed E-state index contributed by atoms with van der Waals surface area (Å²) in [5.41, 5.74) is 2.27. The number of nitrogens with one attached hydrogen (secondary N) is 1. The fraction of sp³-hybridized carbons (Fsp3) is 0.0500. The number of carbonyl (C=O) groups is 1. The van der Waals surface area contributed by atoms with Gasteiger partial charge in [-0.15, -0.1) is 0 Å². The zero-order chi connectivity index (χ0) is 16.2. The molecule has 0 aromatic heterocycles. The average Bonchev–Trinajstić information content (AvgIpc) is 2.59. The Hall–Kier alpha value is -2.94. The monoisotopic (exact) mass is 305 g/mol. The number of carbonyl (C=O) groups excluding carboxylic acids is 1. The number of halogens is 1. The molecule has 0 heterocycles. The van der Waals surface area contributed by atoms with Crippen LogP contribution in [0.25, 0.3) is 16.3 Å². The molecular formula is C20H16FNO. The maximum absolute atomic E-state index is 13.6. The van der Waals surface area contributed by atoms with E-state index in [9.17, 15) is 9.18 Å². The molecule has 0 aliphatic carbocycles. The molecular weight excluding hydrogens is 289 g/mol. The summed E-state index contributed by atoms with van der Waals surface area (Å²) in [5, 5.41) is 4.68. The van der Waals surface area contributed by atoms with E-state index in [0.717, 1.165) is 16.3 Å².